The maximum Gasteiger partial charge on any atom is 0.239 e. The zero-order valence-electron chi connectivity index (χ0n) is 9.93. The highest BCUT2D eigenvalue weighted by Crippen LogP contribution is 2.12. The fourth-order valence-corrected chi connectivity index (χ4v) is 1.43. The highest BCUT2D eigenvalue weighted by atomic mass is 16.5. The first-order valence-electron chi connectivity index (χ1n) is 5.18. The standard InChI is InChI=1S/C12H18N2O2/c1-9(13)12(15)14(2)8-10-4-6-11(16-3)7-5-10/h4-7,9H,8,13H2,1-3H3/t9-/m0/s1. The quantitative estimate of drug-likeness (QED) is 0.827. The average Bonchev–Trinajstić information content (AvgIpc) is 2.28. The van der Waals surface area contributed by atoms with E-state index in [0.29, 0.717) is 6.54 Å². The summed E-state index contributed by atoms with van der Waals surface area (Å²) < 4.78 is 5.06. The van der Waals surface area contributed by atoms with Crippen LogP contribution in [-0.4, -0.2) is 31.0 Å². The van der Waals surface area contributed by atoms with Gasteiger partial charge in [-0.1, -0.05) is 12.1 Å². The molecule has 0 aromatic heterocycles. The van der Waals surface area contributed by atoms with Crippen molar-refractivity contribution >= 4 is 5.91 Å². The van der Waals surface area contributed by atoms with E-state index in [4.69, 9.17) is 10.5 Å². The number of likely N-dealkylation sites (N-methyl/N-ethyl adjacent to an activating group) is 1. The van der Waals surface area contributed by atoms with Crippen LogP contribution in [0.1, 0.15) is 12.5 Å². The van der Waals surface area contributed by atoms with E-state index < -0.39 is 6.04 Å². The minimum atomic E-state index is -0.455. The second-order valence-electron chi connectivity index (χ2n) is 3.83. The Kier molecular flexibility index (Phi) is 4.31. The predicted octanol–water partition coefficient (Wildman–Crippen LogP) is 1.00. The second kappa shape index (κ2) is 5.51. The minimum absolute atomic E-state index is 0.0594. The molecule has 0 aliphatic heterocycles. The molecule has 0 saturated carbocycles. The van der Waals surface area contributed by atoms with Gasteiger partial charge in [0.1, 0.15) is 5.75 Å². The summed E-state index contributed by atoms with van der Waals surface area (Å²) in [4.78, 5) is 13.2. The molecule has 0 unspecified atom stereocenters. The molecule has 0 aliphatic rings. The van der Waals surface area contributed by atoms with Crippen molar-refractivity contribution < 1.29 is 9.53 Å². The third kappa shape index (κ3) is 3.24. The smallest absolute Gasteiger partial charge is 0.239 e. The Morgan fingerprint density at radius 3 is 2.44 bits per heavy atom. The summed E-state index contributed by atoms with van der Waals surface area (Å²) in [5.74, 6) is 0.751. The summed E-state index contributed by atoms with van der Waals surface area (Å²) in [5, 5.41) is 0. The molecule has 1 aromatic rings. The molecule has 1 rings (SSSR count). The number of hydrogen-bond acceptors (Lipinski definition) is 3. The number of nitrogens with two attached hydrogens (primary N) is 1. The van der Waals surface area contributed by atoms with Crippen molar-refractivity contribution in [3.63, 3.8) is 0 Å². The highest BCUT2D eigenvalue weighted by molar-refractivity contribution is 5.80. The molecule has 0 fully saturated rings. The summed E-state index contributed by atoms with van der Waals surface area (Å²) in [6, 6.07) is 7.16. The van der Waals surface area contributed by atoms with Gasteiger partial charge >= 0.3 is 0 Å². The van der Waals surface area contributed by atoms with Crippen LogP contribution in [0.2, 0.25) is 0 Å². The molecule has 4 nitrogen and oxygen atoms in total. The third-order valence-electron chi connectivity index (χ3n) is 2.34. The van der Waals surface area contributed by atoms with Gasteiger partial charge in [-0.3, -0.25) is 4.79 Å². The van der Waals surface area contributed by atoms with E-state index in [1.165, 1.54) is 0 Å². The van der Waals surface area contributed by atoms with Crippen LogP contribution in [0.25, 0.3) is 0 Å². The Balaban J connectivity index is 2.62. The molecule has 0 spiro atoms. The minimum Gasteiger partial charge on any atom is -0.497 e. The Morgan fingerprint density at radius 1 is 1.44 bits per heavy atom. The molecule has 4 heteroatoms. The van der Waals surface area contributed by atoms with Crippen LogP contribution in [0.5, 0.6) is 5.75 Å². The molecule has 0 radical (unpaired) electrons. The van der Waals surface area contributed by atoms with Gasteiger partial charge in [-0.2, -0.15) is 0 Å². The molecular formula is C12H18N2O2. The van der Waals surface area contributed by atoms with Gasteiger partial charge < -0.3 is 15.4 Å². The molecule has 0 aliphatic carbocycles. The maximum absolute atomic E-state index is 11.5. The summed E-state index contributed by atoms with van der Waals surface area (Å²) in [6.07, 6.45) is 0. The Hall–Kier alpha value is -1.55. The summed E-state index contributed by atoms with van der Waals surface area (Å²) in [5.41, 5.74) is 6.58. The lowest BCUT2D eigenvalue weighted by Crippen LogP contribution is -2.39. The summed E-state index contributed by atoms with van der Waals surface area (Å²) >= 11 is 0. The molecule has 0 bridgehead atoms. The fourth-order valence-electron chi connectivity index (χ4n) is 1.43. The van der Waals surface area contributed by atoms with Crippen LogP contribution in [0, 0.1) is 0 Å². The topological polar surface area (TPSA) is 55.6 Å². The first-order valence-corrected chi connectivity index (χ1v) is 5.18. The normalized spacial score (nSPS) is 12.0. The fraction of sp³-hybridized carbons (Fsp3) is 0.417. The van der Waals surface area contributed by atoms with Gasteiger partial charge in [0.15, 0.2) is 0 Å². The molecule has 1 atom stereocenters. The number of carbonyl (C=O) groups excluding carboxylic acids is 1. The van der Waals surface area contributed by atoms with Crippen LogP contribution < -0.4 is 10.5 Å². The number of methoxy groups -OCH3 is 1. The number of rotatable bonds is 4. The predicted molar refractivity (Wildman–Crippen MR) is 63.1 cm³/mol. The van der Waals surface area contributed by atoms with Crippen LogP contribution in [0.4, 0.5) is 0 Å². The van der Waals surface area contributed by atoms with Gasteiger partial charge in [-0.25, -0.2) is 0 Å². The van der Waals surface area contributed by atoms with Crippen LogP contribution in [-0.2, 0) is 11.3 Å². The first-order chi connectivity index (χ1) is 7.54. The number of nitrogens with zero attached hydrogens (tertiary/aromatic N) is 1. The van der Waals surface area contributed by atoms with E-state index in [2.05, 4.69) is 0 Å². The van der Waals surface area contributed by atoms with Crippen molar-refractivity contribution in [3.8, 4) is 5.75 Å². The van der Waals surface area contributed by atoms with E-state index in [1.807, 2.05) is 24.3 Å². The van der Waals surface area contributed by atoms with Crippen molar-refractivity contribution in [3.05, 3.63) is 29.8 Å². The lowest BCUT2D eigenvalue weighted by Gasteiger charge is -2.19. The number of hydrogen-bond donors (Lipinski definition) is 1. The van der Waals surface area contributed by atoms with Crippen molar-refractivity contribution in [2.45, 2.75) is 19.5 Å². The third-order valence-corrected chi connectivity index (χ3v) is 2.34. The van der Waals surface area contributed by atoms with Gasteiger partial charge in [0.25, 0.3) is 0 Å². The molecule has 1 aromatic carbocycles. The van der Waals surface area contributed by atoms with E-state index in [1.54, 1.807) is 26.0 Å². The van der Waals surface area contributed by atoms with Gasteiger partial charge in [0.05, 0.1) is 13.2 Å². The highest BCUT2D eigenvalue weighted by Gasteiger charge is 2.13. The number of amides is 1. The molecular weight excluding hydrogens is 204 g/mol. The van der Waals surface area contributed by atoms with Crippen molar-refractivity contribution in [2.75, 3.05) is 14.2 Å². The van der Waals surface area contributed by atoms with Crippen molar-refractivity contribution in [2.24, 2.45) is 5.73 Å². The van der Waals surface area contributed by atoms with Gasteiger partial charge in [-0.15, -0.1) is 0 Å². The SMILES string of the molecule is COc1ccc(CN(C)C(=O)[C@H](C)N)cc1. The van der Waals surface area contributed by atoms with Gasteiger partial charge in [0.2, 0.25) is 5.91 Å². The number of carbonyl (C=O) groups is 1. The molecule has 1 amide bonds. The molecule has 2 N–H and O–H groups in total. The zero-order chi connectivity index (χ0) is 12.1. The lowest BCUT2D eigenvalue weighted by atomic mass is 10.2. The van der Waals surface area contributed by atoms with E-state index in [9.17, 15) is 4.79 Å². The van der Waals surface area contributed by atoms with Crippen molar-refractivity contribution in [1.29, 1.82) is 0 Å². The van der Waals surface area contributed by atoms with Gasteiger partial charge in [0, 0.05) is 13.6 Å². The molecule has 88 valence electrons. The Labute approximate surface area is 96.0 Å². The Bertz CT molecular complexity index is 347. The van der Waals surface area contributed by atoms with E-state index in [-0.39, 0.29) is 5.91 Å². The van der Waals surface area contributed by atoms with Crippen LogP contribution in [0.3, 0.4) is 0 Å². The summed E-state index contributed by atoms with van der Waals surface area (Å²) in [6.45, 7) is 2.25. The molecule has 16 heavy (non-hydrogen) atoms. The van der Waals surface area contributed by atoms with Crippen LogP contribution >= 0.6 is 0 Å². The van der Waals surface area contributed by atoms with Gasteiger partial charge in [-0.05, 0) is 24.6 Å². The van der Waals surface area contributed by atoms with E-state index in [0.717, 1.165) is 11.3 Å². The zero-order valence-corrected chi connectivity index (χ0v) is 9.93. The van der Waals surface area contributed by atoms with Crippen molar-refractivity contribution in [1.82, 2.24) is 4.90 Å². The largest absolute Gasteiger partial charge is 0.497 e. The Morgan fingerprint density at radius 2 is 2.00 bits per heavy atom. The van der Waals surface area contributed by atoms with E-state index >= 15 is 0 Å². The lowest BCUT2D eigenvalue weighted by molar-refractivity contribution is -0.131. The maximum atomic E-state index is 11.5. The molecule has 0 saturated heterocycles. The van der Waals surface area contributed by atoms with Crippen LogP contribution in [0.15, 0.2) is 24.3 Å². The first kappa shape index (κ1) is 12.5. The number of ether oxygens (including phenoxy) is 1. The summed E-state index contributed by atoms with van der Waals surface area (Å²) in [7, 11) is 3.37. The monoisotopic (exact) mass is 222 g/mol. The number of benzene rings is 1. The second-order valence-corrected chi connectivity index (χ2v) is 3.83. The average molecular weight is 222 g/mol. The molecule has 0 heterocycles.